The van der Waals surface area contributed by atoms with E-state index in [0.29, 0.717) is 15.8 Å². The maximum Gasteiger partial charge on any atom is 0.286 e. The second-order valence-corrected chi connectivity index (χ2v) is 7.59. The van der Waals surface area contributed by atoms with E-state index >= 15 is 0 Å². The third kappa shape index (κ3) is 3.20. The molecule has 0 N–H and O–H groups in total. The third-order valence-electron chi connectivity index (χ3n) is 4.71. The van der Waals surface area contributed by atoms with Gasteiger partial charge in [0.2, 0.25) is 5.43 Å². The number of carbonyl (C=O) groups is 1. The maximum absolute atomic E-state index is 12.8. The predicted molar refractivity (Wildman–Crippen MR) is 112 cm³/mol. The molecule has 2 aromatic heterocycles. The summed E-state index contributed by atoms with van der Waals surface area (Å²) in [5.74, 6) is -0.577. The molecule has 2 heterocycles. The van der Waals surface area contributed by atoms with Crippen molar-refractivity contribution >= 4 is 38.4 Å². The van der Waals surface area contributed by atoms with Crippen LogP contribution in [0.5, 0.6) is 0 Å². The summed E-state index contributed by atoms with van der Waals surface area (Å²) in [5, 5.41) is 0.383. The summed E-state index contributed by atoms with van der Waals surface area (Å²) >= 11 is 1.47. The zero-order valence-corrected chi connectivity index (χ0v) is 16.6. The van der Waals surface area contributed by atoms with Gasteiger partial charge in [-0.05, 0) is 42.7 Å². The Labute approximate surface area is 165 Å². The maximum atomic E-state index is 12.8. The Morgan fingerprint density at radius 2 is 2.00 bits per heavy atom. The molecule has 142 valence electrons. The lowest BCUT2D eigenvalue weighted by molar-refractivity contribution is 0.0995. The van der Waals surface area contributed by atoms with Crippen molar-refractivity contribution in [1.82, 2.24) is 4.57 Å². The molecule has 4 rings (SSSR count). The highest BCUT2D eigenvalue weighted by Gasteiger charge is 2.15. The minimum Gasteiger partial charge on any atom is -0.463 e. The molecule has 0 radical (unpaired) electrons. The largest absolute Gasteiger partial charge is 0.463 e. The molecule has 0 unspecified atom stereocenters. The molecule has 5 nitrogen and oxygen atoms in total. The minimum absolute atomic E-state index is 0.0477. The first-order valence-electron chi connectivity index (χ1n) is 9.34. The average Bonchev–Trinajstić information content (AvgIpc) is 3.04. The number of hydrogen-bond acceptors (Lipinski definition) is 4. The topological polar surface area (TPSA) is 64.6 Å². The highest BCUT2D eigenvalue weighted by molar-refractivity contribution is 7.16. The number of hydrogen-bond donors (Lipinski definition) is 0. The van der Waals surface area contributed by atoms with E-state index in [1.807, 2.05) is 4.57 Å². The van der Waals surface area contributed by atoms with Crippen molar-refractivity contribution in [3.05, 3.63) is 74.9 Å². The first-order valence-corrected chi connectivity index (χ1v) is 10.2. The Morgan fingerprint density at radius 3 is 2.79 bits per heavy atom. The van der Waals surface area contributed by atoms with Crippen LogP contribution in [0, 0.1) is 0 Å². The minimum atomic E-state index is -0.577. The van der Waals surface area contributed by atoms with E-state index in [9.17, 15) is 9.59 Å². The Bertz CT molecular complexity index is 1310. The highest BCUT2D eigenvalue weighted by atomic mass is 32.1. The second-order valence-electron chi connectivity index (χ2n) is 6.58. The summed E-state index contributed by atoms with van der Waals surface area (Å²) in [7, 11) is 0. The van der Waals surface area contributed by atoms with Crippen molar-refractivity contribution in [2.45, 2.75) is 33.2 Å². The first kappa shape index (κ1) is 18.4. The van der Waals surface area contributed by atoms with E-state index in [4.69, 9.17) is 4.42 Å². The molecule has 0 saturated carbocycles. The van der Waals surface area contributed by atoms with Crippen LogP contribution in [0.25, 0.3) is 21.2 Å². The van der Waals surface area contributed by atoms with Crippen molar-refractivity contribution in [3.8, 4) is 0 Å². The van der Waals surface area contributed by atoms with Crippen LogP contribution < -0.4 is 10.2 Å². The van der Waals surface area contributed by atoms with Gasteiger partial charge in [-0.15, -0.1) is 0 Å². The molecule has 0 aliphatic rings. The molecular weight excluding hydrogens is 372 g/mol. The van der Waals surface area contributed by atoms with Gasteiger partial charge in [-0.3, -0.25) is 9.59 Å². The van der Waals surface area contributed by atoms with Gasteiger partial charge in [-0.2, -0.15) is 4.99 Å². The van der Waals surface area contributed by atoms with Crippen LogP contribution >= 0.6 is 11.3 Å². The molecule has 0 aliphatic heterocycles. The van der Waals surface area contributed by atoms with Crippen LogP contribution in [0.15, 0.2) is 62.9 Å². The van der Waals surface area contributed by atoms with Crippen LogP contribution in [0.3, 0.4) is 0 Å². The molecule has 28 heavy (non-hydrogen) atoms. The molecule has 1 amide bonds. The molecule has 0 saturated heterocycles. The molecular formula is C22H20N2O3S. The molecule has 0 atom stereocenters. The molecule has 0 fully saturated rings. The fourth-order valence-corrected chi connectivity index (χ4v) is 4.35. The number of nitrogens with zero attached hydrogens (tertiary/aromatic N) is 2. The lowest BCUT2D eigenvalue weighted by Gasteiger charge is -2.03. The molecule has 0 spiro atoms. The molecule has 0 bridgehead atoms. The number of para-hydroxylation sites is 1. The van der Waals surface area contributed by atoms with Gasteiger partial charge in [0.05, 0.1) is 15.6 Å². The number of carbonyl (C=O) groups excluding carboxylic acids is 1. The predicted octanol–water partition coefficient (Wildman–Crippen LogP) is 4.52. The summed E-state index contributed by atoms with van der Waals surface area (Å²) in [5.41, 5.74) is 2.35. The second kappa shape index (κ2) is 7.56. The summed E-state index contributed by atoms with van der Waals surface area (Å²) in [6.07, 6.45) is 3.08. The zero-order chi connectivity index (χ0) is 19.7. The average molecular weight is 392 g/mol. The van der Waals surface area contributed by atoms with E-state index in [1.54, 1.807) is 24.3 Å². The summed E-state index contributed by atoms with van der Waals surface area (Å²) < 4.78 is 8.59. The van der Waals surface area contributed by atoms with Gasteiger partial charge in [-0.25, -0.2) is 0 Å². The Morgan fingerprint density at radius 1 is 1.18 bits per heavy atom. The fourth-order valence-electron chi connectivity index (χ4n) is 3.24. The van der Waals surface area contributed by atoms with Crippen LogP contribution in [0.4, 0.5) is 0 Å². The summed E-state index contributed by atoms with van der Waals surface area (Å²) in [6.45, 7) is 4.95. The normalized spacial score (nSPS) is 12.1. The van der Waals surface area contributed by atoms with Gasteiger partial charge in [0.1, 0.15) is 17.4 Å². The van der Waals surface area contributed by atoms with Crippen molar-refractivity contribution in [1.29, 1.82) is 0 Å². The number of fused-ring (bicyclic) bond motifs is 2. The van der Waals surface area contributed by atoms with Gasteiger partial charge >= 0.3 is 0 Å². The highest BCUT2D eigenvalue weighted by Crippen LogP contribution is 2.20. The van der Waals surface area contributed by atoms with E-state index < -0.39 is 5.91 Å². The standard InChI is InChI=1S/C22H20N2O3S/c1-3-11-24-17-10-9-14(4-2)12-19(17)28-22(24)23-21(26)16-13-27-18-8-6-5-7-15(18)20(16)25/h5-10,12-13H,3-4,11H2,1-2H3. The fraction of sp³-hybridized carbons (Fsp3) is 0.227. The number of amides is 1. The number of aromatic nitrogens is 1. The van der Waals surface area contributed by atoms with E-state index in [2.05, 4.69) is 37.0 Å². The number of thiazole rings is 1. The summed E-state index contributed by atoms with van der Waals surface area (Å²) in [4.78, 5) is 30.4. The van der Waals surface area contributed by atoms with Crippen molar-refractivity contribution in [3.63, 3.8) is 0 Å². The van der Waals surface area contributed by atoms with Crippen molar-refractivity contribution < 1.29 is 9.21 Å². The number of rotatable bonds is 4. The number of benzene rings is 2. The van der Waals surface area contributed by atoms with E-state index in [1.165, 1.54) is 23.2 Å². The van der Waals surface area contributed by atoms with Gasteiger partial charge in [-0.1, -0.05) is 43.4 Å². The molecule has 6 heteroatoms. The zero-order valence-electron chi connectivity index (χ0n) is 15.8. The quantitative estimate of drug-likeness (QED) is 0.513. The lowest BCUT2D eigenvalue weighted by atomic mass is 10.1. The van der Waals surface area contributed by atoms with Crippen LogP contribution in [0.1, 0.15) is 36.2 Å². The van der Waals surface area contributed by atoms with Crippen LogP contribution in [0.2, 0.25) is 0 Å². The van der Waals surface area contributed by atoms with Gasteiger partial charge < -0.3 is 8.98 Å². The monoisotopic (exact) mass is 392 g/mol. The molecule has 4 aromatic rings. The van der Waals surface area contributed by atoms with E-state index in [-0.39, 0.29) is 11.0 Å². The smallest absolute Gasteiger partial charge is 0.286 e. The number of aryl methyl sites for hydroxylation is 2. The van der Waals surface area contributed by atoms with Crippen molar-refractivity contribution in [2.24, 2.45) is 4.99 Å². The van der Waals surface area contributed by atoms with Gasteiger partial charge in [0, 0.05) is 6.54 Å². The van der Waals surface area contributed by atoms with Crippen molar-refractivity contribution in [2.75, 3.05) is 0 Å². The third-order valence-corrected chi connectivity index (χ3v) is 5.75. The Kier molecular flexibility index (Phi) is 4.96. The molecule has 0 aliphatic carbocycles. The van der Waals surface area contributed by atoms with Crippen LogP contribution in [-0.4, -0.2) is 10.5 Å². The SMILES string of the molecule is CCCn1c(=NC(=O)c2coc3ccccc3c2=O)sc2cc(CC)ccc21. The van der Waals surface area contributed by atoms with E-state index in [0.717, 1.165) is 29.6 Å². The van der Waals surface area contributed by atoms with Gasteiger partial charge in [0.15, 0.2) is 4.80 Å². The lowest BCUT2D eigenvalue weighted by Crippen LogP contribution is -2.20. The van der Waals surface area contributed by atoms with Crippen LogP contribution in [-0.2, 0) is 13.0 Å². The Hall–Kier alpha value is -2.99. The summed E-state index contributed by atoms with van der Waals surface area (Å²) in [6, 6.07) is 13.2. The van der Waals surface area contributed by atoms with Gasteiger partial charge in [0.25, 0.3) is 5.91 Å². The molecule has 2 aromatic carbocycles. The first-order chi connectivity index (χ1) is 13.6. The Balaban J connectivity index is 1.87.